The van der Waals surface area contributed by atoms with E-state index < -0.39 is 0 Å². The van der Waals surface area contributed by atoms with E-state index in [1.165, 1.54) is 6.07 Å². The fourth-order valence-electron chi connectivity index (χ4n) is 3.53. The van der Waals surface area contributed by atoms with Crippen LogP contribution in [0.4, 0.5) is 15.8 Å². The molecule has 2 aromatic carbocycles. The molecule has 0 radical (unpaired) electrons. The van der Waals surface area contributed by atoms with E-state index in [0.29, 0.717) is 12.2 Å². The number of halogens is 1. The minimum absolute atomic E-state index is 0.153. The Morgan fingerprint density at radius 2 is 1.76 bits per heavy atom. The van der Waals surface area contributed by atoms with Crippen molar-refractivity contribution in [3.8, 4) is 0 Å². The van der Waals surface area contributed by atoms with Crippen molar-refractivity contribution in [1.82, 2.24) is 9.55 Å². The van der Waals surface area contributed by atoms with E-state index in [0.717, 1.165) is 48.7 Å². The highest BCUT2D eigenvalue weighted by Gasteiger charge is 2.20. The van der Waals surface area contributed by atoms with Crippen molar-refractivity contribution in [2.24, 2.45) is 12.8 Å². The van der Waals surface area contributed by atoms with Gasteiger partial charge in [0.05, 0.1) is 23.3 Å². The summed E-state index contributed by atoms with van der Waals surface area (Å²) in [4.78, 5) is 9.05. The third-order valence-electron chi connectivity index (χ3n) is 4.98. The van der Waals surface area contributed by atoms with E-state index in [9.17, 15) is 4.39 Å². The van der Waals surface area contributed by atoms with Gasteiger partial charge in [0.1, 0.15) is 11.6 Å². The summed E-state index contributed by atoms with van der Waals surface area (Å²) in [5.74, 6) is 0.733. The first kappa shape index (κ1) is 15.9. The molecule has 1 aromatic heterocycles. The van der Waals surface area contributed by atoms with Crippen LogP contribution in [0.1, 0.15) is 5.82 Å². The van der Waals surface area contributed by atoms with Gasteiger partial charge in [0.15, 0.2) is 0 Å². The number of imidazole rings is 1. The first-order valence-electron chi connectivity index (χ1n) is 8.57. The van der Waals surface area contributed by atoms with Crippen LogP contribution in [-0.2, 0) is 13.6 Å². The minimum Gasteiger partial charge on any atom is -0.368 e. The largest absolute Gasteiger partial charge is 0.368 e. The number of hydrogen-bond donors (Lipinski definition) is 1. The van der Waals surface area contributed by atoms with Crippen LogP contribution in [0.25, 0.3) is 11.0 Å². The lowest BCUT2D eigenvalue weighted by Crippen LogP contribution is -2.46. The minimum atomic E-state index is -0.153. The molecule has 2 N–H and O–H groups in total. The van der Waals surface area contributed by atoms with Crippen LogP contribution in [0.3, 0.4) is 0 Å². The number of aryl methyl sites for hydroxylation is 1. The third-order valence-corrected chi connectivity index (χ3v) is 4.98. The number of hydrogen-bond acceptors (Lipinski definition) is 4. The summed E-state index contributed by atoms with van der Waals surface area (Å²) >= 11 is 0. The SMILES string of the molecule is Cn1c(CN)nc2cc(N3CCN(c4ccccc4F)CC3)ccc21. The standard InChI is InChI=1S/C19H22FN5/c1-23-18-7-6-14(12-16(18)22-19(23)13-21)24-8-10-25(11-9-24)17-5-3-2-4-15(17)20/h2-7,12H,8-11,13,21H2,1H3. The Morgan fingerprint density at radius 1 is 1.04 bits per heavy atom. The Kier molecular flexibility index (Phi) is 4.05. The number of nitrogens with zero attached hydrogens (tertiary/aromatic N) is 4. The average molecular weight is 339 g/mol. The normalized spacial score (nSPS) is 15.2. The molecule has 0 unspecified atom stereocenters. The van der Waals surface area contributed by atoms with Gasteiger partial charge in [0, 0.05) is 38.9 Å². The zero-order chi connectivity index (χ0) is 17.4. The molecule has 5 nitrogen and oxygen atoms in total. The number of fused-ring (bicyclic) bond motifs is 1. The van der Waals surface area contributed by atoms with Gasteiger partial charge in [-0.05, 0) is 30.3 Å². The summed E-state index contributed by atoms with van der Waals surface area (Å²) in [5.41, 5.74) is 9.65. The van der Waals surface area contributed by atoms with E-state index in [-0.39, 0.29) is 5.82 Å². The predicted octanol–water partition coefficient (Wildman–Crippen LogP) is 2.50. The van der Waals surface area contributed by atoms with Crippen molar-refractivity contribution in [3.05, 3.63) is 54.1 Å². The summed E-state index contributed by atoms with van der Waals surface area (Å²) in [6.07, 6.45) is 0. The number of nitrogens with two attached hydrogens (primary N) is 1. The lowest BCUT2D eigenvalue weighted by molar-refractivity contribution is 0.598. The van der Waals surface area contributed by atoms with Crippen molar-refractivity contribution in [3.63, 3.8) is 0 Å². The zero-order valence-corrected chi connectivity index (χ0v) is 14.3. The van der Waals surface area contributed by atoms with Crippen molar-refractivity contribution in [2.75, 3.05) is 36.0 Å². The maximum absolute atomic E-state index is 14.0. The van der Waals surface area contributed by atoms with Gasteiger partial charge in [-0.2, -0.15) is 0 Å². The lowest BCUT2D eigenvalue weighted by Gasteiger charge is -2.37. The molecule has 1 saturated heterocycles. The van der Waals surface area contributed by atoms with Crippen LogP contribution >= 0.6 is 0 Å². The van der Waals surface area contributed by atoms with Crippen LogP contribution in [0.2, 0.25) is 0 Å². The zero-order valence-electron chi connectivity index (χ0n) is 14.3. The molecule has 0 atom stereocenters. The first-order valence-corrected chi connectivity index (χ1v) is 8.57. The molecule has 0 amide bonds. The number of rotatable bonds is 3. The van der Waals surface area contributed by atoms with E-state index in [1.807, 2.05) is 23.7 Å². The van der Waals surface area contributed by atoms with Crippen LogP contribution in [-0.4, -0.2) is 35.7 Å². The molecule has 25 heavy (non-hydrogen) atoms. The average Bonchev–Trinajstić information content (AvgIpc) is 2.98. The molecule has 6 heteroatoms. The molecule has 130 valence electrons. The molecule has 0 saturated carbocycles. The van der Waals surface area contributed by atoms with Crippen LogP contribution in [0.5, 0.6) is 0 Å². The molecule has 1 aliphatic heterocycles. The molecular formula is C19H22FN5. The summed E-state index contributed by atoms with van der Waals surface area (Å²) in [7, 11) is 1.99. The molecule has 3 aromatic rings. The highest BCUT2D eigenvalue weighted by atomic mass is 19.1. The number of aromatic nitrogens is 2. The number of benzene rings is 2. The van der Waals surface area contributed by atoms with E-state index in [4.69, 9.17) is 5.73 Å². The number of para-hydroxylation sites is 1. The van der Waals surface area contributed by atoms with Crippen LogP contribution in [0.15, 0.2) is 42.5 Å². The van der Waals surface area contributed by atoms with E-state index in [1.54, 1.807) is 6.07 Å². The fourth-order valence-corrected chi connectivity index (χ4v) is 3.53. The molecular weight excluding hydrogens is 317 g/mol. The molecule has 4 rings (SSSR count). The summed E-state index contributed by atoms with van der Waals surface area (Å²) < 4.78 is 16.0. The second-order valence-electron chi connectivity index (χ2n) is 6.39. The maximum atomic E-state index is 14.0. The Balaban J connectivity index is 1.52. The molecule has 0 aliphatic carbocycles. The third kappa shape index (κ3) is 2.82. The maximum Gasteiger partial charge on any atom is 0.146 e. The van der Waals surface area contributed by atoms with Gasteiger partial charge in [0.25, 0.3) is 0 Å². The Labute approximate surface area is 146 Å². The molecule has 2 heterocycles. The van der Waals surface area contributed by atoms with Crippen LogP contribution in [0, 0.1) is 5.82 Å². The highest BCUT2D eigenvalue weighted by Crippen LogP contribution is 2.25. The monoisotopic (exact) mass is 339 g/mol. The molecule has 0 spiro atoms. The van der Waals surface area contributed by atoms with Crippen molar-refractivity contribution in [1.29, 1.82) is 0 Å². The Bertz CT molecular complexity index is 896. The van der Waals surface area contributed by atoms with Gasteiger partial charge < -0.3 is 20.1 Å². The number of anilines is 2. The van der Waals surface area contributed by atoms with Gasteiger partial charge in [-0.25, -0.2) is 9.37 Å². The van der Waals surface area contributed by atoms with Crippen molar-refractivity contribution >= 4 is 22.4 Å². The second kappa shape index (κ2) is 6.37. The predicted molar refractivity (Wildman–Crippen MR) is 99.4 cm³/mol. The second-order valence-corrected chi connectivity index (χ2v) is 6.39. The van der Waals surface area contributed by atoms with Gasteiger partial charge in [-0.1, -0.05) is 12.1 Å². The van der Waals surface area contributed by atoms with Crippen molar-refractivity contribution < 1.29 is 4.39 Å². The Hall–Kier alpha value is -2.60. The molecule has 0 bridgehead atoms. The topological polar surface area (TPSA) is 50.3 Å². The molecule has 1 aliphatic rings. The summed E-state index contributed by atoms with van der Waals surface area (Å²) in [6.45, 7) is 3.75. The van der Waals surface area contributed by atoms with Crippen LogP contribution < -0.4 is 15.5 Å². The number of piperazine rings is 1. The fraction of sp³-hybridized carbons (Fsp3) is 0.316. The lowest BCUT2D eigenvalue weighted by atomic mass is 10.2. The van der Waals surface area contributed by atoms with Gasteiger partial charge >= 0.3 is 0 Å². The van der Waals surface area contributed by atoms with Gasteiger partial charge in [-0.3, -0.25) is 0 Å². The molecule has 1 fully saturated rings. The van der Waals surface area contributed by atoms with Crippen molar-refractivity contribution in [2.45, 2.75) is 6.54 Å². The van der Waals surface area contributed by atoms with Gasteiger partial charge in [-0.15, -0.1) is 0 Å². The summed E-state index contributed by atoms with van der Waals surface area (Å²) in [5, 5.41) is 0. The summed E-state index contributed by atoms with van der Waals surface area (Å²) in [6, 6.07) is 13.3. The Morgan fingerprint density at radius 3 is 2.48 bits per heavy atom. The quantitative estimate of drug-likeness (QED) is 0.797. The highest BCUT2D eigenvalue weighted by molar-refractivity contribution is 5.80. The van der Waals surface area contributed by atoms with Gasteiger partial charge in [0.2, 0.25) is 0 Å². The smallest absolute Gasteiger partial charge is 0.146 e. The van der Waals surface area contributed by atoms with E-state index in [2.05, 4.69) is 33.0 Å². The first-order chi connectivity index (χ1) is 12.2. The van der Waals surface area contributed by atoms with E-state index >= 15 is 0 Å².